The fourth-order valence-electron chi connectivity index (χ4n) is 5.56. The number of fused-ring (bicyclic) bond motifs is 2. The Morgan fingerprint density at radius 1 is 0.964 bits per heavy atom. The lowest BCUT2D eigenvalue weighted by molar-refractivity contribution is -0.121. The van der Waals surface area contributed by atoms with Crippen molar-refractivity contribution in [1.82, 2.24) is 14.5 Å². The Balaban J connectivity index is 1.36. The van der Waals surface area contributed by atoms with Gasteiger partial charge in [-0.25, -0.2) is 4.98 Å². The van der Waals surface area contributed by atoms with E-state index in [1.165, 1.54) is 24.8 Å². The van der Waals surface area contributed by atoms with E-state index in [4.69, 9.17) is 0 Å². The standard InChI is InChI=1S/C24H29N3O/c28-24(19-8-2-1-3-9-19)14-15-26(22-12-6-4-10-20(22)24)16-17-27-18-25-21-11-5-7-13-23(21)27/h1-3,5,7-9,11,13,18,20,22,28H,4,6,10,12,14-17H2/t20-,22-,24+/m0/s1. The Morgan fingerprint density at radius 3 is 2.64 bits per heavy atom. The number of aromatic nitrogens is 2. The quantitative estimate of drug-likeness (QED) is 0.743. The second-order valence-corrected chi connectivity index (χ2v) is 8.46. The number of hydrogen-bond acceptors (Lipinski definition) is 3. The van der Waals surface area contributed by atoms with Crippen molar-refractivity contribution in [1.29, 1.82) is 0 Å². The lowest BCUT2D eigenvalue weighted by Crippen LogP contribution is -2.57. The number of hydrogen-bond donors (Lipinski definition) is 1. The van der Waals surface area contributed by atoms with E-state index < -0.39 is 5.60 Å². The van der Waals surface area contributed by atoms with E-state index in [9.17, 15) is 5.11 Å². The van der Waals surface area contributed by atoms with Crippen molar-refractivity contribution in [2.45, 2.75) is 50.3 Å². The van der Waals surface area contributed by atoms with Gasteiger partial charge in [-0.3, -0.25) is 4.90 Å². The topological polar surface area (TPSA) is 41.3 Å². The summed E-state index contributed by atoms with van der Waals surface area (Å²) in [6.45, 7) is 2.93. The van der Waals surface area contributed by atoms with Crippen LogP contribution < -0.4 is 0 Å². The minimum absolute atomic E-state index is 0.330. The summed E-state index contributed by atoms with van der Waals surface area (Å²) in [7, 11) is 0. The maximum Gasteiger partial charge on any atom is 0.0958 e. The molecule has 3 aromatic rings. The van der Waals surface area contributed by atoms with Gasteiger partial charge in [-0.15, -0.1) is 0 Å². The monoisotopic (exact) mass is 375 g/mol. The van der Waals surface area contributed by atoms with Gasteiger partial charge >= 0.3 is 0 Å². The van der Waals surface area contributed by atoms with Crippen molar-refractivity contribution in [3.05, 3.63) is 66.5 Å². The van der Waals surface area contributed by atoms with Crippen LogP contribution in [0.25, 0.3) is 11.0 Å². The molecule has 2 fully saturated rings. The van der Waals surface area contributed by atoms with Crippen LogP contribution in [0.3, 0.4) is 0 Å². The zero-order valence-corrected chi connectivity index (χ0v) is 16.4. The Morgan fingerprint density at radius 2 is 1.75 bits per heavy atom. The van der Waals surface area contributed by atoms with E-state index in [0.29, 0.717) is 12.0 Å². The predicted octanol–water partition coefficient (Wildman–Crippen LogP) is 4.19. The van der Waals surface area contributed by atoms with Gasteiger partial charge in [-0.2, -0.15) is 0 Å². The summed E-state index contributed by atoms with van der Waals surface area (Å²) in [4.78, 5) is 7.17. The first-order valence-electron chi connectivity index (χ1n) is 10.7. The smallest absolute Gasteiger partial charge is 0.0958 e. The second-order valence-electron chi connectivity index (χ2n) is 8.46. The molecule has 0 radical (unpaired) electrons. The molecular weight excluding hydrogens is 346 g/mol. The summed E-state index contributed by atoms with van der Waals surface area (Å²) in [6, 6.07) is 19.2. The number of rotatable bonds is 4. The van der Waals surface area contributed by atoms with Crippen LogP contribution in [0, 0.1) is 5.92 Å². The first-order valence-corrected chi connectivity index (χ1v) is 10.7. The SMILES string of the molecule is O[C@@]1(c2ccccc2)CCN(CCn2cnc3ccccc32)[C@H]2CCCC[C@@H]21. The lowest BCUT2D eigenvalue weighted by Gasteiger charge is -2.52. The Labute approximate surface area is 166 Å². The average molecular weight is 376 g/mol. The van der Waals surface area contributed by atoms with Crippen molar-refractivity contribution in [2.75, 3.05) is 13.1 Å². The van der Waals surface area contributed by atoms with Crippen molar-refractivity contribution in [2.24, 2.45) is 5.92 Å². The molecule has 2 aliphatic rings. The van der Waals surface area contributed by atoms with Crippen molar-refractivity contribution in [3.63, 3.8) is 0 Å². The highest BCUT2D eigenvalue weighted by Gasteiger charge is 2.48. The minimum Gasteiger partial charge on any atom is -0.385 e. The van der Waals surface area contributed by atoms with E-state index in [-0.39, 0.29) is 0 Å². The summed E-state index contributed by atoms with van der Waals surface area (Å²) >= 11 is 0. The molecule has 2 heterocycles. The molecule has 28 heavy (non-hydrogen) atoms. The highest BCUT2D eigenvalue weighted by atomic mass is 16.3. The van der Waals surface area contributed by atoms with E-state index in [0.717, 1.165) is 43.6 Å². The van der Waals surface area contributed by atoms with Crippen LogP contribution in [0.4, 0.5) is 0 Å². The lowest BCUT2D eigenvalue weighted by atomic mass is 9.66. The molecule has 1 aromatic heterocycles. The highest BCUT2D eigenvalue weighted by molar-refractivity contribution is 5.74. The Hall–Kier alpha value is -2.17. The molecule has 0 spiro atoms. The van der Waals surface area contributed by atoms with Crippen LogP contribution >= 0.6 is 0 Å². The van der Waals surface area contributed by atoms with E-state index in [2.05, 4.69) is 56.9 Å². The summed E-state index contributed by atoms with van der Waals surface area (Å²) in [6.07, 6.45) is 7.62. The van der Waals surface area contributed by atoms with Gasteiger partial charge in [-0.05, 0) is 37.0 Å². The molecule has 0 unspecified atom stereocenters. The van der Waals surface area contributed by atoms with Crippen molar-refractivity contribution in [3.8, 4) is 0 Å². The third-order valence-electron chi connectivity index (χ3n) is 7.02. The maximum atomic E-state index is 11.7. The Kier molecular flexibility index (Phi) is 4.69. The molecule has 0 bridgehead atoms. The fraction of sp³-hybridized carbons (Fsp3) is 0.458. The second kappa shape index (κ2) is 7.34. The van der Waals surface area contributed by atoms with Crippen LogP contribution in [0.2, 0.25) is 0 Å². The number of likely N-dealkylation sites (tertiary alicyclic amines) is 1. The number of para-hydroxylation sites is 2. The molecule has 146 valence electrons. The number of imidazole rings is 1. The normalized spacial score (nSPS) is 28.3. The van der Waals surface area contributed by atoms with Gasteiger partial charge < -0.3 is 9.67 Å². The van der Waals surface area contributed by atoms with Crippen molar-refractivity contribution < 1.29 is 5.11 Å². The molecule has 4 heteroatoms. The van der Waals surface area contributed by atoms with Gasteiger partial charge in [0.15, 0.2) is 0 Å². The van der Waals surface area contributed by atoms with E-state index in [1.807, 2.05) is 18.5 Å². The third-order valence-corrected chi connectivity index (χ3v) is 7.02. The number of benzene rings is 2. The van der Waals surface area contributed by atoms with Gasteiger partial charge in [0.25, 0.3) is 0 Å². The average Bonchev–Trinajstić information content (AvgIpc) is 3.17. The third kappa shape index (κ3) is 3.05. The molecule has 1 saturated carbocycles. The molecule has 4 nitrogen and oxygen atoms in total. The zero-order valence-electron chi connectivity index (χ0n) is 16.4. The van der Waals surface area contributed by atoms with Crippen molar-refractivity contribution >= 4 is 11.0 Å². The molecule has 0 amide bonds. The molecule has 1 saturated heterocycles. The molecule has 5 rings (SSSR count). The van der Waals surface area contributed by atoms with Gasteiger partial charge in [-0.1, -0.05) is 55.3 Å². The van der Waals surface area contributed by atoms with Crippen LogP contribution in [-0.4, -0.2) is 38.7 Å². The maximum absolute atomic E-state index is 11.7. The van der Waals surface area contributed by atoms with Gasteiger partial charge in [0.05, 0.1) is 23.0 Å². The first-order chi connectivity index (χ1) is 13.8. The summed E-state index contributed by atoms with van der Waals surface area (Å²) < 4.78 is 2.27. The minimum atomic E-state index is -0.676. The largest absolute Gasteiger partial charge is 0.385 e. The molecular formula is C24H29N3O. The van der Waals surface area contributed by atoms with Gasteiger partial charge in [0.1, 0.15) is 0 Å². The van der Waals surface area contributed by atoms with Gasteiger partial charge in [0.2, 0.25) is 0 Å². The molecule has 1 N–H and O–H groups in total. The fourth-order valence-corrected chi connectivity index (χ4v) is 5.56. The Bertz CT molecular complexity index is 937. The zero-order chi connectivity index (χ0) is 19.0. The van der Waals surface area contributed by atoms with Gasteiger partial charge in [0, 0.05) is 31.6 Å². The highest BCUT2D eigenvalue weighted by Crippen LogP contribution is 2.46. The summed E-state index contributed by atoms with van der Waals surface area (Å²) in [5, 5.41) is 11.7. The van der Waals surface area contributed by atoms with E-state index in [1.54, 1.807) is 0 Å². The number of piperidine rings is 1. The number of nitrogens with zero attached hydrogens (tertiary/aromatic N) is 3. The van der Waals surface area contributed by atoms with Crippen LogP contribution in [0.15, 0.2) is 60.9 Å². The summed E-state index contributed by atoms with van der Waals surface area (Å²) in [5.74, 6) is 0.330. The molecule has 3 atom stereocenters. The molecule has 1 aliphatic heterocycles. The predicted molar refractivity (Wildman–Crippen MR) is 112 cm³/mol. The summed E-state index contributed by atoms with van der Waals surface area (Å²) in [5.41, 5.74) is 2.70. The first kappa shape index (κ1) is 17.9. The molecule has 2 aromatic carbocycles. The van der Waals surface area contributed by atoms with Crippen LogP contribution in [0.1, 0.15) is 37.7 Å². The van der Waals surface area contributed by atoms with E-state index >= 15 is 0 Å². The number of aliphatic hydroxyl groups is 1. The van der Waals surface area contributed by atoms with Crippen LogP contribution in [0.5, 0.6) is 0 Å². The van der Waals surface area contributed by atoms with Crippen LogP contribution in [-0.2, 0) is 12.1 Å². The molecule has 1 aliphatic carbocycles.